The summed E-state index contributed by atoms with van der Waals surface area (Å²) in [5.41, 5.74) is -0.354. The van der Waals surface area contributed by atoms with Crippen molar-refractivity contribution in [1.29, 1.82) is 0 Å². The van der Waals surface area contributed by atoms with E-state index >= 15 is 0 Å². The Bertz CT molecular complexity index is 1000. The molecule has 1 aliphatic heterocycles. The average Bonchev–Trinajstić information content (AvgIpc) is 2.79. The molecule has 27 heavy (non-hydrogen) atoms. The summed E-state index contributed by atoms with van der Waals surface area (Å²) < 4.78 is 48.6. The molecule has 1 saturated heterocycles. The SMILES string of the molecule is O=C(O)c1ccc(Cl)c(S(=O)(=O)N[C@H]2CS(=O)(=O)C[C@@H]2C(=O)C(Cl)(Cl)Cl)c1. The zero-order valence-electron chi connectivity index (χ0n) is 13.0. The Balaban J connectivity index is 2.42. The maximum absolute atomic E-state index is 12.6. The van der Waals surface area contributed by atoms with Crippen LogP contribution in [0.1, 0.15) is 10.4 Å². The van der Waals surface area contributed by atoms with Crippen molar-refractivity contribution < 1.29 is 31.5 Å². The van der Waals surface area contributed by atoms with Gasteiger partial charge in [-0.05, 0) is 18.2 Å². The molecular formula is C13H11Cl4NO7S2. The molecule has 1 heterocycles. The van der Waals surface area contributed by atoms with Crippen LogP contribution in [0.5, 0.6) is 0 Å². The van der Waals surface area contributed by atoms with E-state index in [1.807, 2.05) is 0 Å². The van der Waals surface area contributed by atoms with E-state index < -0.39 is 63.8 Å². The second-order valence-corrected chi connectivity index (χ2v) is 12.2. The van der Waals surface area contributed by atoms with Crippen molar-refractivity contribution in [2.75, 3.05) is 11.5 Å². The van der Waals surface area contributed by atoms with Crippen LogP contribution in [0.25, 0.3) is 0 Å². The molecule has 2 rings (SSSR count). The van der Waals surface area contributed by atoms with Gasteiger partial charge in [-0.15, -0.1) is 0 Å². The molecule has 1 aromatic carbocycles. The van der Waals surface area contributed by atoms with Gasteiger partial charge in [0.1, 0.15) is 4.90 Å². The Labute approximate surface area is 174 Å². The van der Waals surface area contributed by atoms with Gasteiger partial charge >= 0.3 is 5.97 Å². The summed E-state index contributed by atoms with van der Waals surface area (Å²) in [5, 5.41) is 8.70. The lowest BCUT2D eigenvalue weighted by molar-refractivity contribution is -0.121. The standard InChI is InChI=1S/C13H11Cl4NO7S2/c14-8-2-1-6(12(20)21)3-10(8)27(24,25)18-9-5-26(22,23)4-7(9)11(19)13(15,16)17/h1-3,7,9,18H,4-5H2,(H,20,21)/t7-,9-/m0/s1. The first kappa shape index (κ1) is 22.7. The molecule has 2 N–H and O–H groups in total. The maximum atomic E-state index is 12.6. The van der Waals surface area contributed by atoms with Crippen LogP contribution in [-0.2, 0) is 24.7 Å². The molecule has 150 valence electrons. The highest BCUT2D eigenvalue weighted by Gasteiger charge is 2.49. The molecule has 8 nitrogen and oxygen atoms in total. The largest absolute Gasteiger partial charge is 0.478 e. The topological polar surface area (TPSA) is 135 Å². The number of benzene rings is 1. The summed E-state index contributed by atoms with van der Waals surface area (Å²) in [6, 6.07) is 1.56. The van der Waals surface area contributed by atoms with E-state index in [0.717, 1.165) is 18.2 Å². The normalized spacial score (nSPS) is 22.5. The highest BCUT2D eigenvalue weighted by molar-refractivity contribution is 7.92. The molecule has 0 bridgehead atoms. The van der Waals surface area contributed by atoms with Crippen molar-refractivity contribution in [3.63, 3.8) is 0 Å². The Morgan fingerprint density at radius 3 is 2.30 bits per heavy atom. The molecule has 0 aromatic heterocycles. The minimum absolute atomic E-state index is 0.294. The second kappa shape index (κ2) is 7.66. The van der Waals surface area contributed by atoms with Gasteiger partial charge in [0.2, 0.25) is 13.8 Å². The molecule has 0 aliphatic carbocycles. The molecule has 0 saturated carbocycles. The van der Waals surface area contributed by atoms with E-state index in [9.17, 15) is 26.4 Å². The van der Waals surface area contributed by atoms with Crippen LogP contribution in [-0.4, -0.2) is 55.0 Å². The minimum Gasteiger partial charge on any atom is -0.478 e. The fraction of sp³-hybridized carbons (Fsp3) is 0.385. The van der Waals surface area contributed by atoms with Gasteiger partial charge in [0.25, 0.3) is 0 Å². The maximum Gasteiger partial charge on any atom is 0.335 e. The number of hydrogen-bond acceptors (Lipinski definition) is 6. The number of carbonyl (C=O) groups is 2. The summed E-state index contributed by atoms with van der Waals surface area (Å²) in [6.45, 7) is 0. The molecule has 1 fully saturated rings. The lowest BCUT2D eigenvalue weighted by Crippen LogP contribution is -2.45. The molecule has 0 spiro atoms. The Kier molecular flexibility index (Phi) is 6.43. The minimum atomic E-state index is -4.48. The molecule has 0 radical (unpaired) electrons. The Hall–Kier alpha value is -0.620. The lowest BCUT2D eigenvalue weighted by atomic mass is 10.0. The van der Waals surface area contributed by atoms with Crippen molar-refractivity contribution in [2.24, 2.45) is 5.92 Å². The third kappa shape index (κ3) is 5.26. The van der Waals surface area contributed by atoms with E-state index in [1.165, 1.54) is 0 Å². The predicted molar refractivity (Wildman–Crippen MR) is 100.0 cm³/mol. The van der Waals surface area contributed by atoms with Gasteiger partial charge in [-0.3, -0.25) is 4.79 Å². The number of nitrogens with one attached hydrogen (secondary N) is 1. The first-order valence-electron chi connectivity index (χ1n) is 7.01. The molecule has 2 atom stereocenters. The summed E-state index contributed by atoms with van der Waals surface area (Å²) in [4.78, 5) is 22.7. The summed E-state index contributed by atoms with van der Waals surface area (Å²) >= 11 is 22.4. The summed E-state index contributed by atoms with van der Waals surface area (Å²) in [7, 11) is -8.27. The highest BCUT2D eigenvalue weighted by Crippen LogP contribution is 2.35. The van der Waals surface area contributed by atoms with E-state index in [4.69, 9.17) is 51.5 Å². The number of Topliss-reactive ketones (excluding diaryl/α,β-unsaturated/α-hetero) is 1. The third-order valence-corrected chi connectivity index (χ3v) is 8.01. The number of alkyl halides is 3. The van der Waals surface area contributed by atoms with Gasteiger partial charge in [0, 0.05) is 6.04 Å². The van der Waals surface area contributed by atoms with Crippen LogP contribution in [0.15, 0.2) is 23.1 Å². The number of carbonyl (C=O) groups excluding carboxylic acids is 1. The van der Waals surface area contributed by atoms with Crippen LogP contribution in [0, 0.1) is 5.92 Å². The molecular weight excluding hydrogens is 488 g/mol. The number of carboxylic acids is 1. The smallest absolute Gasteiger partial charge is 0.335 e. The average molecular weight is 499 g/mol. The van der Waals surface area contributed by atoms with E-state index in [0.29, 0.717) is 0 Å². The predicted octanol–water partition coefficient (Wildman–Crippen LogP) is 1.67. The first-order valence-corrected chi connectivity index (χ1v) is 11.8. The van der Waals surface area contributed by atoms with Crippen LogP contribution < -0.4 is 4.72 Å². The van der Waals surface area contributed by atoms with E-state index in [2.05, 4.69) is 4.72 Å². The summed E-state index contributed by atoms with van der Waals surface area (Å²) in [5.74, 6) is -5.30. The van der Waals surface area contributed by atoms with Crippen molar-refractivity contribution in [1.82, 2.24) is 4.72 Å². The number of rotatable bonds is 5. The second-order valence-electron chi connectivity index (χ2n) is 5.72. The Morgan fingerprint density at radius 1 is 1.19 bits per heavy atom. The van der Waals surface area contributed by atoms with Crippen molar-refractivity contribution in [2.45, 2.75) is 14.7 Å². The fourth-order valence-corrected chi connectivity index (χ4v) is 6.80. The third-order valence-electron chi connectivity index (χ3n) is 3.74. The monoisotopic (exact) mass is 497 g/mol. The van der Waals surface area contributed by atoms with Crippen molar-refractivity contribution >= 4 is 78.0 Å². The number of halogens is 4. The molecule has 1 aromatic rings. The van der Waals surface area contributed by atoms with Crippen LogP contribution in [0.4, 0.5) is 0 Å². The first-order chi connectivity index (χ1) is 12.1. The van der Waals surface area contributed by atoms with E-state index in [-0.39, 0.29) is 10.6 Å². The zero-order valence-corrected chi connectivity index (χ0v) is 17.7. The molecule has 1 aliphatic rings. The number of sulfonamides is 1. The quantitative estimate of drug-likeness (QED) is 0.589. The highest BCUT2D eigenvalue weighted by atomic mass is 35.6. The molecule has 0 amide bonds. The van der Waals surface area contributed by atoms with Gasteiger partial charge in [-0.25, -0.2) is 26.4 Å². The van der Waals surface area contributed by atoms with Gasteiger partial charge in [0.15, 0.2) is 15.6 Å². The summed E-state index contributed by atoms with van der Waals surface area (Å²) in [6.07, 6.45) is 0. The van der Waals surface area contributed by atoms with Crippen LogP contribution >= 0.6 is 46.4 Å². The van der Waals surface area contributed by atoms with Crippen molar-refractivity contribution in [3.8, 4) is 0 Å². The van der Waals surface area contributed by atoms with Crippen molar-refractivity contribution in [3.05, 3.63) is 28.8 Å². The van der Waals surface area contributed by atoms with Crippen LogP contribution in [0.3, 0.4) is 0 Å². The number of aromatic carboxylic acids is 1. The van der Waals surface area contributed by atoms with Crippen LogP contribution in [0.2, 0.25) is 5.02 Å². The number of sulfone groups is 1. The molecule has 14 heteroatoms. The zero-order chi connectivity index (χ0) is 20.8. The van der Waals surface area contributed by atoms with Gasteiger partial charge in [-0.1, -0.05) is 46.4 Å². The number of hydrogen-bond donors (Lipinski definition) is 2. The Morgan fingerprint density at radius 2 is 1.78 bits per heavy atom. The van der Waals surface area contributed by atoms with E-state index in [1.54, 1.807) is 0 Å². The molecule has 0 unspecified atom stereocenters. The number of ketones is 1. The number of carboxylic acid groups (broad SMARTS) is 1. The van der Waals surface area contributed by atoms with Gasteiger partial charge < -0.3 is 5.11 Å². The van der Waals surface area contributed by atoms with Gasteiger partial charge in [-0.2, -0.15) is 0 Å². The van der Waals surface area contributed by atoms with Gasteiger partial charge in [0.05, 0.1) is 28.0 Å². The fourth-order valence-electron chi connectivity index (χ4n) is 2.54. The lowest BCUT2D eigenvalue weighted by Gasteiger charge is -2.21.